The van der Waals surface area contributed by atoms with Crippen molar-refractivity contribution in [3.05, 3.63) is 0 Å². The van der Waals surface area contributed by atoms with Crippen molar-refractivity contribution in [2.45, 2.75) is 71.3 Å². The summed E-state index contributed by atoms with van der Waals surface area (Å²) in [5.41, 5.74) is 0. The lowest BCUT2D eigenvalue weighted by Gasteiger charge is -2.16. The van der Waals surface area contributed by atoms with E-state index in [1.807, 2.05) is 6.92 Å². The molecule has 0 heterocycles. The van der Waals surface area contributed by atoms with E-state index in [1.54, 1.807) is 0 Å². The van der Waals surface area contributed by atoms with Crippen LogP contribution in [0.15, 0.2) is 0 Å². The van der Waals surface area contributed by atoms with E-state index in [0.29, 0.717) is 13.0 Å². The van der Waals surface area contributed by atoms with Crippen LogP contribution in [-0.2, 0) is 14.3 Å². The molecule has 0 saturated carbocycles. The number of esters is 1. The lowest BCUT2D eigenvalue weighted by molar-refractivity contribution is -0.146. The number of nitrogens with one attached hydrogen (secondary N) is 1. The first kappa shape index (κ1) is 21.0. The molecule has 0 fully saturated rings. The normalized spacial score (nSPS) is 11.8. The van der Waals surface area contributed by atoms with E-state index in [9.17, 15) is 9.59 Å². The molecule has 1 unspecified atom stereocenters. The van der Waals surface area contributed by atoms with Gasteiger partial charge in [0.25, 0.3) is 0 Å². The maximum Gasteiger partial charge on any atom is 0.407 e. The van der Waals surface area contributed by atoms with Crippen molar-refractivity contribution >= 4 is 23.7 Å². The second-order valence-electron chi connectivity index (χ2n) is 5.25. The first-order chi connectivity index (χ1) is 10.7. The summed E-state index contributed by atoms with van der Waals surface area (Å²) < 4.78 is 10.0. The lowest BCUT2D eigenvalue weighted by Crippen LogP contribution is -2.42. The van der Waals surface area contributed by atoms with E-state index in [4.69, 9.17) is 21.1 Å². The molecular formula is C16H30ClNO4. The third kappa shape index (κ3) is 11.7. The first-order valence-electron chi connectivity index (χ1n) is 8.31. The SMILES string of the molecule is CCCCCCCCOC(=O)C(CCC)NC(=O)OCCCl. The highest BCUT2D eigenvalue weighted by Gasteiger charge is 2.21. The number of alkyl halides is 1. The summed E-state index contributed by atoms with van der Waals surface area (Å²) >= 11 is 5.44. The molecule has 22 heavy (non-hydrogen) atoms. The number of rotatable bonds is 13. The fraction of sp³-hybridized carbons (Fsp3) is 0.875. The van der Waals surface area contributed by atoms with Gasteiger partial charge in [-0.05, 0) is 12.8 Å². The minimum absolute atomic E-state index is 0.124. The second-order valence-corrected chi connectivity index (χ2v) is 5.62. The summed E-state index contributed by atoms with van der Waals surface area (Å²) in [7, 11) is 0. The van der Waals surface area contributed by atoms with Crippen LogP contribution in [0.1, 0.15) is 65.2 Å². The molecule has 0 bridgehead atoms. The number of carbonyl (C=O) groups excluding carboxylic acids is 2. The molecule has 0 saturated heterocycles. The summed E-state index contributed by atoms with van der Waals surface area (Å²) in [5, 5.41) is 2.53. The third-order valence-corrected chi connectivity index (χ3v) is 3.36. The van der Waals surface area contributed by atoms with Crippen molar-refractivity contribution in [3.63, 3.8) is 0 Å². The smallest absolute Gasteiger partial charge is 0.407 e. The summed E-state index contributed by atoms with van der Waals surface area (Å²) in [6.07, 6.45) is 7.49. The van der Waals surface area contributed by atoms with Crippen LogP contribution in [0.4, 0.5) is 4.79 Å². The van der Waals surface area contributed by atoms with Gasteiger partial charge in [0.15, 0.2) is 0 Å². The van der Waals surface area contributed by atoms with Gasteiger partial charge in [0.2, 0.25) is 0 Å². The van der Waals surface area contributed by atoms with E-state index >= 15 is 0 Å². The number of carbonyl (C=O) groups is 2. The molecule has 130 valence electrons. The van der Waals surface area contributed by atoms with Gasteiger partial charge in [0.05, 0.1) is 12.5 Å². The number of hydrogen-bond acceptors (Lipinski definition) is 4. The highest BCUT2D eigenvalue weighted by molar-refractivity contribution is 6.18. The number of halogens is 1. The van der Waals surface area contributed by atoms with Crippen LogP contribution >= 0.6 is 11.6 Å². The van der Waals surface area contributed by atoms with Gasteiger partial charge in [-0.1, -0.05) is 52.4 Å². The molecule has 0 aromatic rings. The van der Waals surface area contributed by atoms with Crippen LogP contribution in [0.2, 0.25) is 0 Å². The van der Waals surface area contributed by atoms with Gasteiger partial charge < -0.3 is 14.8 Å². The minimum Gasteiger partial charge on any atom is -0.464 e. The topological polar surface area (TPSA) is 64.6 Å². The molecular weight excluding hydrogens is 306 g/mol. The molecule has 0 aromatic heterocycles. The fourth-order valence-electron chi connectivity index (χ4n) is 2.01. The Kier molecular flexibility index (Phi) is 14.3. The molecule has 0 aromatic carbocycles. The molecule has 0 aliphatic rings. The third-order valence-electron chi connectivity index (χ3n) is 3.21. The highest BCUT2D eigenvalue weighted by atomic mass is 35.5. The average Bonchev–Trinajstić information content (AvgIpc) is 2.51. The Morgan fingerprint density at radius 3 is 2.27 bits per heavy atom. The predicted octanol–water partition coefficient (Wildman–Crippen LogP) is 4.02. The van der Waals surface area contributed by atoms with E-state index in [0.717, 1.165) is 19.3 Å². The van der Waals surface area contributed by atoms with E-state index < -0.39 is 18.1 Å². The Morgan fingerprint density at radius 1 is 0.955 bits per heavy atom. The van der Waals surface area contributed by atoms with Gasteiger partial charge in [-0.25, -0.2) is 9.59 Å². The lowest BCUT2D eigenvalue weighted by atomic mass is 10.1. The Labute approximate surface area is 139 Å². The zero-order valence-corrected chi connectivity index (χ0v) is 14.6. The molecule has 0 aliphatic heterocycles. The van der Waals surface area contributed by atoms with Crippen molar-refractivity contribution in [2.24, 2.45) is 0 Å². The number of hydrogen-bond donors (Lipinski definition) is 1. The molecule has 0 rings (SSSR count). The minimum atomic E-state index is -0.645. The van der Waals surface area contributed by atoms with E-state index in [-0.39, 0.29) is 12.5 Å². The van der Waals surface area contributed by atoms with Crippen molar-refractivity contribution in [1.82, 2.24) is 5.32 Å². The molecule has 0 aliphatic carbocycles. The Morgan fingerprint density at radius 2 is 1.64 bits per heavy atom. The first-order valence-corrected chi connectivity index (χ1v) is 8.85. The molecule has 1 atom stereocenters. The van der Waals surface area contributed by atoms with Gasteiger partial charge >= 0.3 is 12.1 Å². The highest BCUT2D eigenvalue weighted by Crippen LogP contribution is 2.06. The van der Waals surface area contributed by atoms with Gasteiger partial charge in [0, 0.05) is 0 Å². The Hall–Kier alpha value is -0.970. The van der Waals surface area contributed by atoms with Gasteiger partial charge in [-0.2, -0.15) is 0 Å². The monoisotopic (exact) mass is 335 g/mol. The van der Waals surface area contributed by atoms with Crippen LogP contribution in [0.3, 0.4) is 0 Å². The molecule has 1 N–H and O–H groups in total. The van der Waals surface area contributed by atoms with E-state index in [1.165, 1.54) is 25.7 Å². The molecule has 0 spiro atoms. The van der Waals surface area contributed by atoms with Gasteiger partial charge in [-0.15, -0.1) is 11.6 Å². The van der Waals surface area contributed by atoms with Crippen LogP contribution < -0.4 is 5.32 Å². The second kappa shape index (κ2) is 14.9. The van der Waals surface area contributed by atoms with Gasteiger partial charge in [0.1, 0.15) is 12.6 Å². The standard InChI is InChI=1S/C16H30ClNO4/c1-3-5-6-7-8-9-12-21-15(19)14(10-4-2)18-16(20)22-13-11-17/h14H,3-13H2,1-2H3,(H,18,20). The molecule has 1 amide bonds. The van der Waals surface area contributed by atoms with Crippen molar-refractivity contribution < 1.29 is 19.1 Å². The van der Waals surface area contributed by atoms with Crippen molar-refractivity contribution in [2.75, 3.05) is 19.1 Å². The maximum atomic E-state index is 12.0. The summed E-state index contributed by atoms with van der Waals surface area (Å²) in [5.74, 6) is -0.160. The number of unbranched alkanes of at least 4 members (excludes halogenated alkanes) is 5. The number of alkyl carbamates (subject to hydrolysis) is 1. The van der Waals surface area contributed by atoms with E-state index in [2.05, 4.69) is 12.2 Å². The molecule has 6 heteroatoms. The number of amides is 1. The van der Waals surface area contributed by atoms with Crippen LogP contribution in [-0.4, -0.2) is 37.2 Å². The van der Waals surface area contributed by atoms with Crippen LogP contribution in [0, 0.1) is 0 Å². The van der Waals surface area contributed by atoms with Gasteiger partial charge in [-0.3, -0.25) is 0 Å². The Balaban J connectivity index is 3.91. The average molecular weight is 336 g/mol. The maximum absolute atomic E-state index is 12.0. The zero-order valence-electron chi connectivity index (χ0n) is 13.9. The fourth-order valence-corrected chi connectivity index (χ4v) is 2.09. The largest absolute Gasteiger partial charge is 0.464 e. The van der Waals surface area contributed by atoms with Crippen LogP contribution in [0.25, 0.3) is 0 Å². The Bertz CT molecular complexity index is 300. The quantitative estimate of drug-likeness (QED) is 0.313. The zero-order chi connectivity index (χ0) is 16.6. The predicted molar refractivity (Wildman–Crippen MR) is 88.2 cm³/mol. The van der Waals surface area contributed by atoms with Crippen molar-refractivity contribution in [1.29, 1.82) is 0 Å². The molecule has 5 nitrogen and oxygen atoms in total. The van der Waals surface area contributed by atoms with Crippen LogP contribution in [0.5, 0.6) is 0 Å². The summed E-state index contributed by atoms with van der Waals surface area (Å²) in [6.45, 7) is 4.66. The summed E-state index contributed by atoms with van der Waals surface area (Å²) in [6, 6.07) is -0.645. The molecule has 0 radical (unpaired) electrons. The summed E-state index contributed by atoms with van der Waals surface area (Å²) in [4.78, 5) is 23.4. The van der Waals surface area contributed by atoms with Crippen molar-refractivity contribution in [3.8, 4) is 0 Å². The number of ether oxygens (including phenoxy) is 2.